The van der Waals surface area contributed by atoms with Gasteiger partial charge in [-0.2, -0.15) is 0 Å². The van der Waals surface area contributed by atoms with Crippen molar-refractivity contribution in [3.05, 3.63) is 18.2 Å². The van der Waals surface area contributed by atoms with Gasteiger partial charge in [0, 0.05) is 12.5 Å². The van der Waals surface area contributed by atoms with Crippen LogP contribution >= 0.6 is 47.0 Å². The van der Waals surface area contributed by atoms with Crippen LogP contribution in [0.5, 0.6) is 11.5 Å². The van der Waals surface area contributed by atoms with Crippen molar-refractivity contribution in [2.24, 2.45) is 0 Å². The molecule has 6 nitrogen and oxygen atoms in total. The van der Waals surface area contributed by atoms with E-state index in [1.165, 1.54) is 7.11 Å². The molecule has 0 fully saturated rings. The molecular weight excluding hydrogens is 445 g/mol. The number of halogens is 3. The van der Waals surface area contributed by atoms with Crippen molar-refractivity contribution >= 4 is 63.7 Å². The van der Waals surface area contributed by atoms with E-state index in [0.29, 0.717) is 23.6 Å². The summed E-state index contributed by atoms with van der Waals surface area (Å²) in [5.41, 5.74) is 0.563. The molecule has 158 valence electrons. The van der Waals surface area contributed by atoms with Crippen LogP contribution in [0.1, 0.15) is 39.0 Å². The Balaban J connectivity index is 2.74. The molecule has 0 radical (unpaired) electrons. The van der Waals surface area contributed by atoms with E-state index >= 15 is 0 Å². The zero-order valence-electron chi connectivity index (χ0n) is 16.1. The molecule has 1 atom stereocenters. The number of amides is 1. The number of nitrogens with one attached hydrogen (secondary N) is 3. The molecule has 28 heavy (non-hydrogen) atoms. The highest BCUT2D eigenvalue weighted by atomic mass is 35.6. The molecule has 0 unspecified atom stereocenters. The lowest BCUT2D eigenvalue weighted by molar-refractivity contribution is -0.122. The number of hydrogen-bond acceptors (Lipinski definition) is 4. The Morgan fingerprint density at radius 3 is 2.43 bits per heavy atom. The number of unbranched alkanes of at least 4 members (excludes halogenated alkanes) is 3. The maximum atomic E-state index is 12.2. The average Bonchev–Trinajstić information content (AvgIpc) is 2.63. The predicted octanol–water partition coefficient (Wildman–Crippen LogP) is 4.77. The SMILES string of the molecule is CCCCCCC(=O)N[C@H](NC(=S)Nc1cc(OC)ccc1OC)C(Cl)(Cl)Cl. The van der Waals surface area contributed by atoms with Crippen LogP contribution < -0.4 is 25.4 Å². The van der Waals surface area contributed by atoms with Gasteiger partial charge in [0.05, 0.1) is 19.9 Å². The Kier molecular flexibility index (Phi) is 11.0. The highest BCUT2D eigenvalue weighted by Crippen LogP contribution is 2.31. The minimum absolute atomic E-state index is 0.147. The number of carbonyl (C=O) groups excluding carboxylic acids is 1. The fourth-order valence-corrected chi connectivity index (χ4v) is 2.90. The van der Waals surface area contributed by atoms with Crippen molar-refractivity contribution < 1.29 is 14.3 Å². The number of anilines is 1. The molecule has 0 aliphatic heterocycles. The summed E-state index contributed by atoms with van der Waals surface area (Å²) in [5.74, 6) is 0.946. The number of rotatable bonds is 10. The van der Waals surface area contributed by atoms with Gasteiger partial charge in [0.25, 0.3) is 0 Å². The smallest absolute Gasteiger partial charge is 0.228 e. The van der Waals surface area contributed by atoms with E-state index in [0.717, 1.165) is 25.7 Å². The Labute approximate surface area is 186 Å². The third kappa shape index (κ3) is 8.90. The molecule has 1 amide bonds. The van der Waals surface area contributed by atoms with Crippen molar-refractivity contribution in [1.82, 2.24) is 10.6 Å². The number of methoxy groups -OCH3 is 2. The second kappa shape index (κ2) is 12.4. The minimum atomic E-state index is -1.80. The molecule has 0 heterocycles. The Hall–Kier alpha value is -1.15. The number of benzene rings is 1. The first-order chi connectivity index (χ1) is 13.2. The molecule has 0 saturated heterocycles. The Morgan fingerprint density at radius 2 is 1.86 bits per heavy atom. The fraction of sp³-hybridized carbons (Fsp3) is 0.556. The monoisotopic (exact) mass is 469 g/mol. The molecule has 0 saturated carbocycles. The number of ether oxygens (including phenoxy) is 2. The quantitative estimate of drug-likeness (QED) is 0.198. The lowest BCUT2D eigenvalue weighted by Crippen LogP contribution is -2.56. The third-order valence-corrected chi connectivity index (χ3v) is 4.69. The number of thiocarbonyl (C=S) groups is 1. The summed E-state index contributed by atoms with van der Waals surface area (Å²) in [7, 11) is 3.09. The summed E-state index contributed by atoms with van der Waals surface area (Å²) in [4.78, 5) is 12.2. The molecule has 1 aromatic carbocycles. The van der Waals surface area contributed by atoms with Crippen molar-refractivity contribution in [3.63, 3.8) is 0 Å². The highest BCUT2D eigenvalue weighted by molar-refractivity contribution is 7.80. The van der Waals surface area contributed by atoms with Gasteiger partial charge in [-0.25, -0.2) is 0 Å². The topological polar surface area (TPSA) is 71.6 Å². The van der Waals surface area contributed by atoms with Crippen LogP contribution in [0, 0.1) is 0 Å². The predicted molar refractivity (Wildman–Crippen MR) is 120 cm³/mol. The first kappa shape index (κ1) is 24.9. The van der Waals surface area contributed by atoms with Crippen molar-refractivity contribution in [2.75, 3.05) is 19.5 Å². The zero-order chi connectivity index (χ0) is 21.2. The van der Waals surface area contributed by atoms with Crippen molar-refractivity contribution in [3.8, 4) is 11.5 Å². The van der Waals surface area contributed by atoms with E-state index in [9.17, 15) is 4.79 Å². The Bertz CT molecular complexity index is 657. The molecule has 0 aliphatic carbocycles. The lowest BCUT2D eigenvalue weighted by Gasteiger charge is -2.28. The summed E-state index contributed by atoms with van der Waals surface area (Å²) in [5, 5.41) is 8.60. The minimum Gasteiger partial charge on any atom is -0.497 e. The van der Waals surface area contributed by atoms with Gasteiger partial charge in [0.1, 0.15) is 17.7 Å². The molecule has 0 aliphatic rings. The van der Waals surface area contributed by atoms with Gasteiger partial charge in [-0.05, 0) is 30.8 Å². The van der Waals surface area contributed by atoms with Crippen LogP contribution in [0.2, 0.25) is 0 Å². The van der Waals surface area contributed by atoms with Crippen molar-refractivity contribution in [1.29, 1.82) is 0 Å². The van der Waals surface area contributed by atoms with Gasteiger partial charge in [0.15, 0.2) is 5.11 Å². The molecule has 3 N–H and O–H groups in total. The number of hydrogen-bond donors (Lipinski definition) is 3. The van der Waals surface area contributed by atoms with E-state index in [-0.39, 0.29) is 11.0 Å². The van der Waals surface area contributed by atoms with Crippen LogP contribution in [0.3, 0.4) is 0 Å². The number of alkyl halides is 3. The van der Waals surface area contributed by atoms with Gasteiger partial charge in [-0.3, -0.25) is 4.79 Å². The van der Waals surface area contributed by atoms with Crippen molar-refractivity contribution in [2.45, 2.75) is 49.0 Å². The van der Waals surface area contributed by atoms with E-state index in [1.807, 2.05) is 0 Å². The summed E-state index contributed by atoms with van der Waals surface area (Å²) >= 11 is 23.3. The standard InChI is InChI=1S/C18H26Cl3N3O3S/c1-4-5-6-7-8-15(25)23-16(18(19,20)21)24-17(28)22-13-11-12(26-2)9-10-14(13)27-3/h9-11,16H,4-8H2,1-3H3,(H,23,25)(H2,22,24,28)/t16-/m1/s1. The molecule has 0 spiro atoms. The normalized spacial score (nSPS) is 12.1. The maximum Gasteiger partial charge on any atom is 0.228 e. The Morgan fingerprint density at radius 1 is 1.14 bits per heavy atom. The van der Waals surface area contributed by atoms with E-state index < -0.39 is 9.96 Å². The van der Waals surface area contributed by atoms with E-state index in [2.05, 4.69) is 22.9 Å². The van der Waals surface area contributed by atoms with Gasteiger partial charge in [0.2, 0.25) is 9.70 Å². The van der Waals surface area contributed by atoms with E-state index in [1.54, 1.807) is 25.3 Å². The molecule has 0 aromatic heterocycles. The van der Waals surface area contributed by atoms with Crippen LogP contribution in [-0.4, -0.2) is 35.2 Å². The van der Waals surface area contributed by atoms with Gasteiger partial charge >= 0.3 is 0 Å². The largest absolute Gasteiger partial charge is 0.497 e. The second-order valence-electron chi connectivity index (χ2n) is 6.02. The highest BCUT2D eigenvalue weighted by Gasteiger charge is 2.34. The zero-order valence-corrected chi connectivity index (χ0v) is 19.2. The summed E-state index contributed by atoms with van der Waals surface area (Å²) in [6, 6.07) is 5.20. The van der Waals surface area contributed by atoms with Crippen LogP contribution in [0.15, 0.2) is 18.2 Å². The second-order valence-corrected chi connectivity index (χ2v) is 8.79. The molecule has 10 heteroatoms. The summed E-state index contributed by atoms with van der Waals surface area (Å²) in [6.07, 6.45) is 3.26. The number of carbonyl (C=O) groups is 1. The summed E-state index contributed by atoms with van der Waals surface area (Å²) in [6.45, 7) is 2.11. The lowest BCUT2D eigenvalue weighted by atomic mass is 10.1. The average molecular weight is 471 g/mol. The molecule has 1 aromatic rings. The van der Waals surface area contributed by atoms with Crippen LogP contribution in [0.25, 0.3) is 0 Å². The summed E-state index contributed by atoms with van der Waals surface area (Å²) < 4.78 is 8.69. The first-order valence-electron chi connectivity index (χ1n) is 8.86. The van der Waals surface area contributed by atoms with Crippen LogP contribution in [0.4, 0.5) is 5.69 Å². The third-order valence-electron chi connectivity index (χ3n) is 3.82. The van der Waals surface area contributed by atoms with Gasteiger partial charge in [-0.1, -0.05) is 61.0 Å². The first-order valence-corrected chi connectivity index (χ1v) is 10.4. The molecular formula is C18H26Cl3N3O3S. The van der Waals surface area contributed by atoms with Gasteiger partial charge < -0.3 is 25.4 Å². The van der Waals surface area contributed by atoms with Gasteiger partial charge in [-0.15, -0.1) is 0 Å². The van der Waals surface area contributed by atoms with Crippen LogP contribution in [-0.2, 0) is 4.79 Å². The maximum absolute atomic E-state index is 12.2. The van der Waals surface area contributed by atoms with E-state index in [4.69, 9.17) is 56.5 Å². The molecule has 1 rings (SSSR count). The molecule has 0 bridgehead atoms. The fourth-order valence-electron chi connectivity index (χ4n) is 2.35.